The quantitative estimate of drug-likeness (QED) is 0.0296. The van der Waals surface area contributed by atoms with E-state index in [1.165, 1.54) is 51.4 Å². The molecule has 52 heavy (non-hydrogen) atoms. The highest BCUT2D eigenvalue weighted by Gasteiger charge is 2.31. The van der Waals surface area contributed by atoms with E-state index in [1.807, 2.05) is 21.1 Å². The molecule has 0 radical (unpaired) electrons. The fourth-order valence-electron chi connectivity index (χ4n) is 5.75. The average Bonchev–Trinajstić information content (AvgIpc) is 3.09. The van der Waals surface area contributed by atoms with E-state index in [-0.39, 0.29) is 36.2 Å². The number of nitrogens with zero attached hydrogens (tertiary/aromatic N) is 1. The van der Waals surface area contributed by atoms with Gasteiger partial charge in [-0.15, -0.1) is 0 Å². The van der Waals surface area contributed by atoms with Gasteiger partial charge in [-0.1, -0.05) is 120 Å². The Kier molecular flexibility index (Phi) is 33.5. The highest BCUT2D eigenvalue weighted by molar-refractivity contribution is 5.72. The van der Waals surface area contributed by atoms with E-state index >= 15 is 0 Å². The molecular formula is C44H78NO7+. The topological polar surface area (TPSA) is 99.1 Å². The van der Waals surface area contributed by atoms with Crippen molar-refractivity contribution in [3.63, 3.8) is 0 Å². The highest BCUT2D eigenvalue weighted by atomic mass is 16.6. The number of carbonyl (C=O) groups excluding carboxylic acids is 2. The molecule has 1 N–H and O–H groups in total. The van der Waals surface area contributed by atoms with Crippen LogP contribution >= 0.6 is 0 Å². The summed E-state index contributed by atoms with van der Waals surface area (Å²) in [6, 6.07) is -0.621. The maximum absolute atomic E-state index is 12.7. The second kappa shape index (κ2) is 35.3. The number of allylic oxidation sites excluding steroid dienone is 8. The molecule has 0 aliphatic carbocycles. The van der Waals surface area contributed by atoms with Crippen molar-refractivity contribution < 1.29 is 38.2 Å². The van der Waals surface area contributed by atoms with Crippen molar-refractivity contribution in [3.8, 4) is 0 Å². The molecule has 0 aromatic heterocycles. The van der Waals surface area contributed by atoms with Crippen molar-refractivity contribution in [2.75, 3.05) is 41.0 Å². The number of ether oxygens (including phenoxy) is 3. The van der Waals surface area contributed by atoms with Crippen LogP contribution in [0.25, 0.3) is 0 Å². The summed E-state index contributed by atoms with van der Waals surface area (Å²) in [6.07, 6.45) is 40.1. The number of carboxylic acid groups (broad SMARTS) is 1. The van der Waals surface area contributed by atoms with Crippen LogP contribution in [-0.4, -0.2) is 80.6 Å². The SMILES string of the molecule is CC/C=C\C/C=C\C/C=C\CCCCCC(=O)OC(COCCC(C(=O)O)[N+](C)(C)C)COC(=O)CCCCCCC/C=C\CCCCCCCC. The van der Waals surface area contributed by atoms with E-state index in [9.17, 15) is 19.5 Å². The Morgan fingerprint density at radius 3 is 1.63 bits per heavy atom. The zero-order valence-electron chi connectivity index (χ0n) is 34.0. The lowest BCUT2D eigenvalue weighted by atomic mass is 10.1. The predicted molar refractivity (Wildman–Crippen MR) is 215 cm³/mol. The van der Waals surface area contributed by atoms with E-state index in [4.69, 9.17) is 14.2 Å². The number of rotatable bonds is 36. The average molecular weight is 733 g/mol. The van der Waals surface area contributed by atoms with Gasteiger partial charge >= 0.3 is 17.9 Å². The third kappa shape index (κ3) is 33.1. The summed E-state index contributed by atoms with van der Waals surface area (Å²) < 4.78 is 17.2. The van der Waals surface area contributed by atoms with Gasteiger partial charge in [-0.05, 0) is 70.6 Å². The molecule has 0 aromatic rings. The largest absolute Gasteiger partial charge is 0.477 e. The fraction of sp³-hybridized carbons (Fsp3) is 0.750. The van der Waals surface area contributed by atoms with Gasteiger partial charge in [0.15, 0.2) is 12.1 Å². The summed E-state index contributed by atoms with van der Waals surface area (Å²) in [5.74, 6) is -1.52. The highest BCUT2D eigenvalue weighted by Crippen LogP contribution is 2.13. The van der Waals surface area contributed by atoms with Crippen LogP contribution in [0.4, 0.5) is 0 Å². The van der Waals surface area contributed by atoms with Crippen LogP contribution in [0.1, 0.15) is 162 Å². The molecule has 0 fully saturated rings. The van der Waals surface area contributed by atoms with Gasteiger partial charge in [0.25, 0.3) is 0 Å². The van der Waals surface area contributed by atoms with Gasteiger partial charge in [-0.3, -0.25) is 9.59 Å². The molecule has 300 valence electrons. The molecule has 0 aliphatic rings. The van der Waals surface area contributed by atoms with Crippen LogP contribution in [0.2, 0.25) is 0 Å². The van der Waals surface area contributed by atoms with Crippen LogP contribution in [0.5, 0.6) is 0 Å². The molecule has 0 rings (SSSR count). The van der Waals surface area contributed by atoms with Crippen LogP contribution in [0.15, 0.2) is 48.6 Å². The van der Waals surface area contributed by atoms with Gasteiger partial charge in [-0.2, -0.15) is 0 Å². The van der Waals surface area contributed by atoms with Crippen molar-refractivity contribution in [1.82, 2.24) is 0 Å². The number of hydrogen-bond acceptors (Lipinski definition) is 6. The molecule has 0 amide bonds. The van der Waals surface area contributed by atoms with Crippen molar-refractivity contribution in [1.29, 1.82) is 0 Å². The number of carbonyl (C=O) groups is 3. The molecule has 0 aliphatic heterocycles. The monoisotopic (exact) mass is 733 g/mol. The Morgan fingerprint density at radius 1 is 0.596 bits per heavy atom. The number of aliphatic carboxylic acids is 1. The fourth-order valence-corrected chi connectivity index (χ4v) is 5.75. The van der Waals surface area contributed by atoms with Gasteiger partial charge in [0.1, 0.15) is 6.61 Å². The summed E-state index contributed by atoms with van der Waals surface area (Å²) in [7, 11) is 5.50. The molecule has 0 bridgehead atoms. The van der Waals surface area contributed by atoms with Crippen molar-refractivity contribution >= 4 is 17.9 Å². The third-order valence-corrected chi connectivity index (χ3v) is 8.96. The number of carboxylic acids is 1. The molecule has 0 saturated carbocycles. The van der Waals surface area contributed by atoms with E-state index in [0.717, 1.165) is 77.0 Å². The summed E-state index contributed by atoms with van der Waals surface area (Å²) in [6.45, 7) is 4.56. The number of esters is 2. The van der Waals surface area contributed by atoms with Crippen molar-refractivity contribution in [2.45, 2.75) is 174 Å². The van der Waals surface area contributed by atoms with Gasteiger partial charge in [0, 0.05) is 19.3 Å². The van der Waals surface area contributed by atoms with Crippen LogP contribution in [-0.2, 0) is 28.6 Å². The number of likely N-dealkylation sites (N-methyl/N-ethyl adjacent to an activating group) is 1. The van der Waals surface area contributed by atoms with Crippen molar-refractivity contribution in [3.05, 3.63) is 48.6 Å². The second-order valence-electron chi connectivity index (χ2n) is 14.9. The Balaban J connectivity index is 4.44. The van der Waals surface area contributed by atoms with Crippen LogP contribution in [0, 0.1) is 0 Å². The first-order valence-electron chi connectivity index (χ1n) is 20.7. The first-order valence-corrected chi connectivity index (χ1v) is 20.7. The minimum Gasteiger partial charge on any atom is -0.477 e. The molecular weight excluding hydrogens is 654 g/mol. The zero-order chi connectivity index (χ0) is 38.5. The summed E-state index contributed by atoms with van der Waals surface area (Å²) in [5, 5.41) is 9.60. The zero-order valence-corrected chi connectivity index (χ0v) is 34.0. The first-order chi connectivity index (χ1) is 25.1. The van der Waals surface area contributed by atoms with Gasteiger partial charge in [-0.25, -0.2) is 4.79 Å². The van der Waals surface area contributed by atoms with Crippen LogP contribution < -0.4 is 0 Å². The Hall–Kier alpha value is -2.71. The van der Waals surface area contributed by atoms with E-state index in [1.54, 1.807) is 0 Å². The lowest BCUT2D eigenvalue weighted by Gasteiger charge is -2.31. The molecule has 0 aromatic carbocycles. The maximum Gasteiger partial charge on any atom is 0.362 e. The number of hydrogen-bond donors (Lipinski definition) is 1. The molecule has 0 saturated heterocycles. The summed E-state index contributed by atoms with van der Waals surface area (Å²) in [5.41, 5.74) is 0. The third-order valence-electron chi connectivity index (χ3n) is 8.96. The summed E-state index contributed by atoms with van der Waals surface area (Å²) in [4.78, 5) is 36.9. The number of unbranched alkanes of at least 4 members (excludes halogenated alkanes) is 14. The predicted octanol–water partition coefficient (Wildman–Crippen LogP) is 10.9. The standard InChI is InChI=1S/C44H77NO7/c1-6-8-10-12-14-16-18-20-21-23-24-26-28-30-32-34-42(46)51-39-40(38-50-37-36-41(44(48)49)45(3,4)5)52-43(47)35-33-31-29-27-25-22-19-17-15-13-11-9-7-2/h9,11,15,17,20-22,25,40-41H,6-8,10,12-14,16,18-19,23-24,26-39H2,1-5H3/p+1/b11-9-,17-15-,21-20-,25-22-. The van der Waals surface area contributed by atoms with E-state index in [0.29, 0.717) is 19.3 Å². The van der Waals surface area contributed by atoms with Crippen molar-refractivity contribution in [2.24, 2.45) is 0 Å². The lowest BCUT2D eigenvalue weighted by Crippen LogP contribution is -2.50. The minimum absolute atomic E-state index is 0.0457. The molecule has 0 heterocycles. The van der Waals surface area contributed by atoms with Gasteiger partial charge in [0.05, 0.1) is 34.4 Å². The first kappa shape index (κ1) is 49.3. The van der Waals surface area contributed by atoms with E-state index < -0.39 is 18.1 Å². The molecule has 2 atom stereocenters. The lowest BCUT2D eigenvalue weighted by molar-refractivity contribution is -0.887. The molecule has 8 heteroatoms. The normalized spacial score (nSPS) is 13.5. The summed E-state index contributed by atoms with van der Waals surface area (Å²) >= 11 is 0. The smallest absolute Gasteiger partial charge is 0.362 e. The number of quaternary nitrogens is 1. The Labute approximate surface area is 318 Å². The van der Waals surface area contributed by atoms with Crippen LogP contribution in [0.3, 0.4) is 0 Å². The molecule has 0 spiro atoms. The minimum atomic E-state index is -0.883. The van der Waals surface area contributed by atoms with E-state index in [2.05, 4.69) is 62.5 Å². The molecule has 8 nitrogen and oxygen atoms in total. The Morgan fingerprint density at radius 2 is 1.08 bits per heavy atom. The Bertz CT molecular complexity index is 995. The molecule has 2 unspecified atom stereocenters. The second-order valence-corrected chi connectivity index (χ2v) is 14.9. The van der Waals surface area contributed by atoms with Gasteiger partial charge in [0.2, 0.25) is 0 Å². The maximum atomic E-state index is 12.7. The van der Waals surface area contributed by atoms with Gasteiger partial charge < -0.3 is 23.8 Å².